The number of rotatable bonds is 7. The van der Waals surface area contributed by atoms with E-state index >= 15 is 0 Å². The van der Waals surface area contributed by atoms with E-state index in [-0.39, 0.29) is 24.0 Å². The molecular weight excluding hydrogens is 437 g/mol. The molecule has 0 aliphatic carbocycles. The molecule has 2 rings (SSSR count). The molecule has 24 heavy (non-hydrogen) atoms. The second-order valence-corrected chi connectivity index (χ2v) is 7.28. The van der Waals surface area contributed by atoms with E-state index in [4.69, 9.17) is 4.74 Å². The molecule has 2 N–H and O–H groups in total. The molecule has 0 saturated carbocycles. The Kier molecular flexibility index (Phi) is 10.8. The molecule has 6 nitrogen and oxygen atoms in total. The lowest BCUT2D eigenvalue weighted by molar-refractivity contribution is 0.0320. The topological polar surface area (TPSA) is 61.8 Å². The van der Waals surface area contributed by atoms with Crippen LogP contribution in [-0.2, 0) is 11.3 Å². The van der Waals surface area contributed by atoms with Crippen LogP contribution in [0.1, 0.15) is 23.7 Å². The molecule has 0 bridgehead atoms. The van der Waals surface area contributed by atoms with E-state index in [9.17, 15) is 0 Å². The largest absolute Gasteiger partial charge is 0.379 e. The number of nitrogens with zero attached hydrogens (tertiary/aromatic N) is 3. The fourth-order valence-corrected chi connectivity index (χ4v) is 3.23. The summed E-state index contributed by atoms with van der Waals surface area (Å²) in [4.78, 5) is 12.7. The standard InChI is InChI=1S/C16H29N5OS.HI/c1-4-17-16(20-11-15-18-10-14(3)23-15)19-9-13(2)12-21-5-7-22-8-6-21;/h10,13H,4-9,11-12H2,1-3H3,(H2,17,19,20);1H. The van der Waals surface area contributed by atoms with Crippen LogP contribution >= 0.6 is 35.3 Å². The van der Waals surface area contributed by atoms with Gasteiger partial charge in [0, 0.05) is 43.8 Å². The maximum absolute atomic E-state index is 5.40. The molecule has 1 atom stereocenters. The fourth-order valence-electron chi connectivity index (χ4n) is 2.52. The third-order valence-electron chi connectivity index (χ3n) is 3.68. The predicted molar refractivity (Wildman–Crippen MR) is 112 cm³/mol. The Morgan fingerprint density at radius 1 is 1.42 bits per heavy atom. The number of halogens is 1. The molecule has 1 aromatic heterocycles. The minimum atomic E-state index is 0. The highest BCUT2D eigenvalue weighted by molar-refractivity contribution is 14.0. The maximum Gasteiger partial charge on any atom is 0.191 e. The average Bonchev–Trinajstić information content (AvgIpc) is 2.96. The van der Waals surface area contributed by atoms with Crippen LogP contribution in [0.3, 0.4) is 0 Å². The number of ether oxygens (including phenoxy) is 1. The average molecular weight is 467 g/mol. The highest BCUT2D eigenvalue weighted by Crippen LogP contribution is 2.11. The summed E-state index contributed by atoms with van der Waals surface area (Å²) in [6, 6.07) is 0. The van der Waals surface area contributed by atoms with Gasteiger partial charge in [0.2, 0.25) is 0 Å². The first-order chi connectivity index (χ1) is 11.2. The lowest BCUT2D eigenvalue weighted by Gasteiger charge is -2.29. The lowest BCUT2D eigenvalue weighted by atomic mass is 10.1. The maximum atomic E-state index is 5.40. The van der Waals surface area contributed by atoms with Gasteiger partial charge in [-0.1, -0.05) is 6.92 Å². The zero-order chi connectivity index (χ0) is 16.5. The summed E-state index contributed by atoms with van der Waals surface area (Å²) in [5.41, 5.74) is 0. The van der Waals surface area contributed by atoms with Gasteiger partial charge < -0.3 is 15.4 Å². The lowest BCUT2D eigenvalue weighted by Crippen LogP contribution is -2.44. The predicted octanol–water partition coefficient (Wildman–Crippen LogP) is 2.09. The Balaban J connectivity index is 0.00000288. The normalized spacial score (nSPS) is 17.2. The van der Waals surface area contributed by atoms with Crippen molar-refractivity contribution in [2.24, 2.45) is 10.9 Å². The van der Waals surface area contributed by atoms with Crippen molar-refractivity contribution in [3.63, 3.8) is 0 Å². The molecule has 138 valence electrons. The summed E-state index contributed by atoms with van der Waals surface area (Å²) in [5, 5.41) is 7.80. The second kappa shape index (κ2) is 12.0. The Morgan fingerprint density at radius 3 is 2.79 bits per heavy atom. The van der Waals surface area contributed by atoms with Crippen molar-refractivity contribution in [1.29, 1.82) is 0 Å². The van der Waals surface area contributed by atoms with Crippen LogP contribution in [-0.4, -0.2) is 61.8 Å². The second-order valence-electron chi connectivity index (χ2n) is 5.96. The first-order valence-electron chi connectivity index (χ1n) is 8.41. The van der Waals surface area contributed by atoms with Gasteiger partial charge in [-0.3, -0.25) is 4.90 Å². The van der Waals surface area contributed by atoms with E-state index in [1.807, 2.05) is 6.20 Å². The Morgan fingerprint density at radius 2 is 2.17 bits per heavy atom. The highest BCUT2D eigenvalue weighted by Gasteiger charge is 2.13. The zero-order valence-corrected chi connectivity index (χ0v) is 18.0. The van der Waals surface area contributed by atoms with E-state index in [1.54, 1.807) is 11.3 Å². The molecule has 8 heteroatoms. The van der Waals surface area contributed by atoms with Crippen molar-refractivity contribution >= 4 is 41.3 Å². The number of hydrogen-bond acceptors (Lipinski definition) is 5. The molecule has 2 heterocycles. The van der Waals surface area contributed by atoms with Gasteiger partial charge in [0.1, 0.15) is 5.01 Å². The van der Waals surface area contributed by atoms with Crippen LogP contribution in [0.5, 0.6) is 0 Å². The number of aryl methyl sites for hydroxylation is 1. The first-order valence-corrected chi connectivity index (χ1v) is 9.22. The van der Waals surface area contributed by atoms with Crippen LogP contribution in [0, 0.1) is 12.8 Å². The molecule has 1 unspecified atom stereocenters. The summed E-state index contributed by atoms with van der Waals surface area (Å²) in [6.07, 6.45) is 1.90. The van der Waals surface area contributed by atoms with Crippen molar-refractivity contribution in [3.05, 3.63) is 16.1 Å². The van der Waals surface area contributed by atoms with Gasteiger partial charge in [0.05, 0.1) is 19.8 Å². The monoisotopic (exact) mass is 467 g/mol. The summed E-state index contributed by atoms with van der Waals surface area (Å²) in [5.74, 6) is 1.44. The van der Waals surface area contributed by atoms with Crippen LogP contribution in [0.15, 0.2) is 11.2 Å². The Hall–Kier alpha value is -0.450. The van der Waals surface area contributed by atoms with E-state index in [0.29, 0.717) is 12.5 Å². The number of nitrogens with one attached hydrogen (secondary N) is 2. The van der Waals surface area contributed by atoms with Crippen molar-refractivity contribution in [3.8, 4) is 0 Å². The molecule has 0 radical (unpaired) electrons. The van der Waals surface area contributed by atoms with E-state index < -0.39 is 0 Å². The van der Waals surface area contributed by atoms with E-state index in [1.165, 1.54) is 4.88 Å². The number of aromatic nitrogens is 1. The van der Waals surface area contributed by atoms with Gasteiger partial charge in [0.15, 0.2) is 5.96 Å². The smallest absolute Gasteiger partial charge is 0.191 e. The van der Waals surface area contributed by atoms with Crippen LogP contribution in [0.25, 0.3) is 0 Å². The zero-order valence-electron chi connectivity index (χ0n) is 14.9. The number of guanidine groups is 1. The van der Waals surface area contributed by atoms with Crippen LogP contribution in [0.4, 0.5) is 0 Å². The third-order valence-corrected chi connectivity index (χ3v) is 4.57. The van der Waals surface area contributed by atoms with E-state index in [0.717, 1.165) is 56.9 Å². The quantitative estimate of drug-likeness (QED) is 0.366. The highest BCUT2D eigenvalue weighted by atomic mass is 127. The van der Waals surface area contributed by atoms with Crippen molar-refractivity contribution in [2.75, 3.05) is 45.9 Å². The van der Waals surface area contributed by atoms with Gasteiger partial charge in [0.25, 0.3) is 0 Å². The summed E-state index contributed by atoms with van der Waals surface area (Å²) < 4.78 is 5.40. The number of hydrogen-bond donors (Lipinski definition) is 2. The van der Waals surface area contributed by atoms with Gasteiger partial charge in [-0.2, -0.15) is 0 Å². The molecule has 1 aromatic rings. The fraction of sp³-hybridized carbons (Fsp3) is 0.750. The van der Waals surface area contributed by atoms with Crippen LogP contribution in [0.2, 0.25) is 0 Å². The Bertz CT molecular complexity index is 491. The third kappa shape index (κ3) is 8.09. The Labute approximate surface area is 166 Å². The number of thiazole rings is 1. The first kappa shape index (κ1) is 21.6. The van der Waals surface area contributed by atoms with Gasteiger partial charge >= 0.3 is 0 Å². The van der Waals surface area contributed by atoms with Crippen molar-refractivity contribution < 1.29 is 4.74 Å². The molecule has 0 amide bonds. The van der Waals surface area contributed by atoms with Gasteiger partial charge in [-0.05, 0) is 19.8 Å². The molecule has 0 spiro atoms. The minimum absolute atomic E-state index is 0. The number of aliphatic imine (C=N–C) groups is 1. The SMILES string of the molecule is CCNC(=NCc1ncc(C)s1)NCC(C)CN1CCOCC1.I. The molecule has 1 fully saturated rings. The molecule has 1 saturated heterocycles. The molecule has 1 aliphatic heterocycles. The molecular formula is C16H30IN5OS. The van der Waals surface area contributed by atoms with Crippen molar-refractivity contribution in [1.82, 2.24) is 20.5 Å². The van der Waals surface area contributed by atoms with Gasteiger partial charge in [-0.25, -0.2) is 9.98 Å². The summed E-state index contributed by atoms with van der Waals surface area (Å²) in [6.45, 7) is 13.7. The summed E-state index contributed by atoms with van der Waals surface area (Å²) in [7, 11) is 0. The van der Waals surface area contributed by atoms with Gasteiger partial charge in [-0.15, -0.1) is 35.3 Å². The minimum Gasteiger partial charge on any atom is -0.379 e. The van der Waals surface area contributed by atoms with Crippen LogP contribution < -0.4 is 10.6 Å². The molecule has 1 aliphatic rings. The van der Waals surface area contributed by atoms with Crippen molar-refractivity contribution in [2.45, 2.75) is 27.3 Å². The summed E-state index contributed by atoms with van der Waals surface area (Å²) >= 11 is 1.70. The molecule has 0 aromatic carbocycles. The number of morpholine rings is 1. The van der Waals surface area contributed by atoms with E-state index in [2.05, 4.69) is 46.3 Å².